The van der Waals surface area contributed by atoms with Gasteiger partial charge in [-0.2, -0.15) is 0 Å². The molecule has 7 atom stereocenters. The van der Waals surface area contributed by atoms with Crippen LogP contribution in [-0.4, -0.2) is 95.6 Å². The molecule has 1 aromatic rings. The first-order valence-corrected chi connectivity index (χ1v) is 18.2. The number of carbonyl (C=O) groups is 7. The lowest BCUT2D eigenvalue weighted by Crippen LogP contribution is -2.61. The highest BCUT2D eigenvalue weighted by atomic mass is 16.2. The van der Waals surface area contributed by atoms with Crippen LogP contribution in [0, 0.1) is 17.8 Å². The summed E-state index contributed by atoms with van der Waals surface area (Å²) in [4.78, 5) is 96.1. The molecule has 0 aliphatic carbocycles. The van der Waals surface area contributed by atoms with Crippen LogP contribution in [-0.2, 0) is 40.0 Å². The highest BCUT2D eigenvalue weighted by molar-refractivity contribution is 5.97. The average Bonchev–Trinajstić information content (AvgIpc) is 3.58. The number of fused-ring (bicyclic) bond motifs is 1. The molecule has 2 saturated heterocycles. The minimum atomic E-state index is -1.12. The van der Waals surface area contributed by atoms with Gasteiger partial charge in [0, 0.05) is 26.4 Å². The van der Waals surface area contributed by atoms with Gasteiger partial charge in [-0.3, -0.25) is 33.6 Å². The van der Waals surface area contributed by atoms with Crippen molar-refractivity contribution in [2.24, 2.45) is 17.8 Å². The molecule has 14 nitrogen and oxygen atoms in total. The summed E-state index contributed by atoms with van der Waals surface area (Å²) in [6.45, 7) is 12.6. The number of hydrogen-bond acceptors (Lipinski definition) is 7. The summed E-state index contributed by atoms with van der Waals surface area (Å²) in [5.41, 5.74) is 0.778. The second kappa shape index (κ2) is 19.2. The van der Waals surface area contributed by atoms with E-state index >= 15 is 0 Å². The largest absolute Gasteiger partial charge is 0.354 e. The molecule has 0 saturated carbocycles. The molecule has 0 bridgehead atoms. The lowest BCUT2D eigenvalue weighted by Gasteiger charge is -2.32. The van der Waals surface area contributed by atoms with Gasteiger partial charge in [0.25, 0.3) is 0 Å². The fraction of sp³-hybridized carbons (Fsp3) is 0.649. The Bertz CT molecular complexity index is 1400. The highest BCUT2D eigenvalue weighted by Gasteiger charge is 2.41. The SMILES string of the molecule is CC[C@H](C)[C@@H]1NC(=O)[C@@H]2CCCN2C(=O)[C@@H](Cc2ccccc2)NC(=O)[C@@H](NC(=O)[C@@H](NC(C)=O)C(C)C)CCCNC(=O)[C@H](C(C)C)NC1=O. The predicted octanol–water partition coefficient (Wildman–Crippen LogP) is 0.932. The lowest BCUT2D eigenvalue weighted by atomic mass is 9.96. The van der Waals surface area contributed by atoms with E-state index in [0.717, 1.165) is 5.56 Å². The van der Waals surface area contributed by atoms with Crippen molar-refractivity contribution in [3.8, 4) is 0 Å². The van der Waals surface area contributed by atoms with Crippen LogP contribution in [0.2, 0.25) is 0 Å². The number of amides is 7. The average molecular weight is 712 g/mol. The van der Waals surface area contributed by atoms with E-state index in [1.807, 2.05) is 44.2 Å². The molecule has 6 N–H and O–H groups in total. The van der Waals surface area contributed by atoms with Gasteiger partial charge in [0.2, 0.25) is 41.4 Å². The Morgan fingerprint density at radius 1 is 0.843 bits per heavy atom. The second-order valence-electron chi connectivity index (χ2n) is 14.5. The van der Waals surface area contributed by atoms with Crippen LogP contribution in [0.4, 0.5) is 0 Å². The van der Waals surface area contributed by atoms with Crippen molar-refractivity contribution in [1.29, 1.82) is 0 Å². The fourth-order valence-electron chi connectivity index (χ4n) is 6.47. The Morgan fingerprint density at radius 3 is 2.12 bits per heavy atom. The maximum absolute atomic E-state index is 14.3. The lowest BCUT2D eigenvalue weighted by molar-refractivity contribution is -0.143. The monoisotopic (exact) mass is 711 g/mol. The van der Waals surface area contributed by atoms with Crippen LogP contribution in [0.3, 0.4) is 0 Å². The number of nitrogens with one attached hydrogen (secondary N) is 6. The summed E-state index contributed by atoms with van der Waals surface area (Å²) in [5, 5.41) is 16.8. The van der Waals surface area contributed by atoms with Gasteiger partial charge in [0.15, 0.2) is 0 Å². The minimum Gasteiger partial charge on any atom is -0.354 e. The summed E-state index contributed by atoms with van der Waals surface area (Å²) in [5.74, 6) is -4.25. The summed E-state index contributed by atoms with van der Waals surface area (Å²) < 4.78 is 0. The molecule has 2 heterocycles. The van der Waals surface area contributed by atoms with E-state index < -0.39 is 77.6 Å². The van der Waals surface area contributed by atoms with Gasteiger partial charge in [0.1, 0.15) is 36.3 Å². The van der Waals surface area contributed by atoms with Crippen molar-refractivity contribution in [3.63, 3.8) is 0 Å². The van der Waals surface area contributed by atoms with E-state index in [1.54, 1.807) is 27.7 Å². The first-order valence-electron chi connectivity index (χ1n) is 18.2. The number of carbonyl (C=O) groups excluding carboxylic acids is 7. The molecule has 0 unspecified atom stereocenters. The maximum atomic E-state index is 14.3. The molecule has 2 fully saturated rings. The Kier molecular flexibility index (Phi) is 15.4. The third-order valence-electron chi connectivity index (χ3n) is 9.69. The molecule has 1 aromatic carbocycles. The van der Waals surface area contributed by atoms with Crippen molar-refractivity contribution in [1.82, 2.24) is 36.8 Å². The summed E-state index contributed by atoms with van der Waals surface area (Å²) in [6, 6.07) is 3.32. The van der Waals surface area contributed by atoms with Gasteiger partial charge in [-0.15, -0.1) is 0 Å². The zero-order chi connectivity index (χ0) is 37.8. The molecule has 14 heteroatoms. The zero-order valence-corrected chi connectivity index (χ0v) is 31.0. The number of benzene rings is 1. The quantitative estimate of drug-likeness (QED) is 0.219. The van der Waals surface area contributed by atoms with Gasteiger partial charge < -0.3 is 36.8 Å². The number of hydrogen-bond donors (Lipinski definition) is 6. The molecule has 282 valence electrons. The molecule has 0 radical (unpaired) electrons. The van der Waals surface area contributed by atoms with E-state index in [9.17, 15) is 33.6 Å². The summed E-state index contributed by atoms with van der Waals surface area (Å²) >= 11 is 0. The first kappa shape index (κ1) is 40.9. The Hall–Kier alpha value is -4.49. The van der Waals surface area contributed by atoms with Gasteiger partial charge >= 0.3 is 0 Å². The molecule has 2 aliphatic heterocycles. The van der Waals surface area contributed by atoms with Gasteiger partial charge in [-0.05, 0) is 49.0 Å². The van der Waals surface area contributed by atoms with Crippen LogP contribution < -0.4 is 31.9 Å². The molecule has 0 spiro atoms. The molecule has 0 aromatic heterocycles. The molecule has 51 heavy (non-hydrogen) atoms. The molecule has 2 aliphatic rings. The van der Waals surface area contributed by atoms with Crippen LogP contribution >= 0.6 is 0 Å². The van der Waals surface area contributed by atoms with Crippen LogP contribution in [0.1, 0.15) is 86.1 Å². The molecule has 7 amide bonds. The minimum absolute atomic E-state index is 0.0958. The summed E-state index contributed by atoms with van der Waals surface area (Å²) in [6.07, 6.45) is 1.99. The second-order valence-corrected chi connectivity index (χ2v) is 14.5. The van der Waals surface area contributed by atoms with Crippen molar-refractivity contribution >= 4 is 41.4 Å². The van der Waals surface area contributed by atoms with Crippen molar-refractivity contribution in [2.75, 3.05) is 13.1 Å². The Labute approximate surface area is 301 Å². The number of rotatable bonds is 9. The maximum Gasteiger partial charge on any atom is 0.246 e. The molecular formula is C37H57N7O7. The van der Waals surface area contributed by atoms with Crippen LogP contribution in [0.25, 0.3) is 0 Å². The van der Waals surface area contributed by atoms with Crippen LogP contribution in [0.15, 0.2) is 30.3 Å². The number of nitrogens with zero attached hydrogens (tertiary/aromatic N) is 1. The van der Waals surface area contributed by atoms with Gasteiger partial charge in [0.05, 0.1) is 0 Å². The normalized spacial score (nSPS) is 25.4. The van der Waals surface area contributed by atoms with Gasteiger partial charge in [-0.1, -0.05) is 78.3 Å². The predicted molar refractivity (Wildman–Crippen MR) is 192 cm³/mol. The Morgan fingerprint density at radius 2 is 1.51 bits per heavy atom. The van der Waals surface area contributed by atoms with Crippen LogP contribution in [0.5, 0.6) is 0 Å². The topological polar surface area (TPSA) is 195 Å². The summed E-state index contributed by atoms with van der Waals surface area (Å²) in [7, 11) is 0. The van der Waals surface area contributed by atoms with E-state index in [-0.39, 0.29) is 50.1 Å². The van der Waals surface area contributed by atoms with E-state index in [1.165, 1.54) is 11.8 Å². The fourth-order valence-corrected chi connectivity index (χ4v) is 6.47. The standard InChI is InChI=1S/C37H57N7O7/c1-8-23(6)31-36(50)42-29(21(2)3)34(48)38-18-12-16-26(40-35(49)30(22(4)5)39-24(7)45)32(46)41-27(20-25-14-10-9-11-15-25)37(51)44-19-13-17-28(44)33(47)43-31/h9-11,14-15,21-23,26-31H,8,12-13,16-20H2,1-7H3,(H,38,48)(H,39,45)(H,40,49)(H,41,46)(H,42,50)(H,43,47)/t23-,26-,27+,28-,29-,30-,31-/m0/s1. The van der Waals surface area contributed by atoms with E-state index in [2.05, 4.69) is 31.9 Å². The Balaban J connectivity index is 2.03. The van der Waals surface area contributed by atoms with Crippen molar-refractivity contribution < 1.29 is 33.6 Å². The smallest absolute Gasteiger partial charge is 0.246 e. The molecular weight excluding hydrogens is 654 g/mol. The zero-order valence-electron chi connectivity index (χ0n) is 31.0. The molecule has 3 rings (SSSR count). The van der Waals surface area contributed by atoms with E-state index in [0.29, 0.717) is 19.3 Å². The highest BCUT2D eigenvalue weighted by Crippen LogP contribution is 2.21. The first-order chi connectivity index (χ1) is 24.1. The van der Waals surface area contributed by atoms with Crippen molar-refractivity contribution in [3.05, 3.63) is 35.9 Å². The third kappa shape index (κ3) is 11.5. The van der Waals surface area contributed by atoms with Crippen molar-refractivity contribution in [2.45, 2.75) is 123 Å². The van der Waals surface area contributed by atoms with Gasteiger partial charge in [-0.25, -0.2) is 0 Å². The third-order valence-corrected chi connectivity index (χ3v) is 9.69. The van der Waals surface area contributed by atoms with E-state index in [4.69, 9.17) is 0 Å².